The molecule has 3 rings (SSSR count). The van der Waals surface area contributed by atoms with Gasteiger partial charge in [-0.2, -0.15) is 0 Å². The van der Waals surface area contributed by atoms with Crippen molar-refractivity contribution in [3.05, 3.63) is 94.4 Å². The first-order valence-corrected chi connectivity index (χ1v) is 8.34. The summed E-state index contributed by atoms with van der Waals surface area (Å²) in [5, 5.41) is 2.71. The first-order chi connectivity index (χ1) is 12.1. The van der Waals surface area contributed by atoms with E-state index in [4.69, 9.17) is 4.42 Å². The molecule has 0 saturated heterocycles. The summed E-state index contributed by atoms with van der Waals surface area (Å²) in [5.41, 5.74) is 2.07. The third-order valence-corrected chi connectivity index (χ3v) is 3.94. The average Bonchev–Trinajstić information content (AvgIpc) is 3.15. The van der Waals surface area contributed by atoms with Crippen LogP contribution in [0, 0.1) is 0 Å². The predicted octanol–water partition coefficient (Wildman–Crippen LogP) is 5.19. The number of hydrogen-bond donors (Lipinski definition) is 1. The van der Waals surface area contributed by atoms with Gasteiger partial charge in [0.1, 0.15) is 0 Å². The van der Waals surface area contributed by atoms with Crippen molar-refractivity contribution < 1.29 is 14.0 Å². The van der Waals surface area contributed by atoms with Gasteiger partial charge in [0, 0.05) is 15.7 Å². The Balaban J connectivity index is 1.65. The monoisotopic (exact) mass is 395 g/mol. The lowest BCUT2D eigenvalue weighted by Gasteiger charge is -2.04. The van der Waals surface area contributed by atoms with Gasteiger partial charge in [-0.15, -0.1) is 0 Å². The summed E-state index contributed by atoms with van der Waals surface area (Å²) in [4.78, 5) is 24.1. The van der Waals surface area contributed by atoms with Gasteiger partial charge in [0.2, 0.25) is 0 Å². The minimum atomic E-state index is -0.335. The lowest BCUT2D eigenvalue weighted by atomic mass is 10.1. The summed E-state index contributed by atoms with van der Waals surface area (Å²) in [6, 6.07) is 17.6. The van der Waals surface area contributed by atoms with Crippen LogP contribution in [0.25, 0.3) is 6.08 Å². The minimum Gasteiger partial charge on any atom is -0.459 e. The van der Waals surface area contributed by atoms with E-state index < -0.39 is 0 Å². The van der Waals surface area contributed by atoms with Crippen molar-refractivity contribution in [2.24, 2.45) is 0 Å². The van der Waals surface area contributed by atoms with Gasteiger partial charge in [0.15, 0.2) is 11.5 Å². The van der Waals surface area contributed by atoms with Crippen LogP contribution in [-0.2, 0) is 0 Å². The molecule has 0 fully saturated rings. The van der Waals surface area contributed by atoms with Gasteiger partial charge in [-0.1, -0.05) is 34.1 Å². The molecule has 4 nitrogen and oxygen atoms in total. The van der Waals surface area contributed by atoms with Crippen molar-refractivity contribution in [3.8, 4) is 0 Å². The summed E-state index contributed by atoms with van der Waals surface area (Å²) in [7, 11) is 0. The molecule has 1 amide bonds. The van der Waals surface area contributed by atoms with Crippen LogP contribution in [0.15, 0.2) is 81.9 Å². The number of nitrogens with one attached hydrogen (secondary N) is 1. The summed E-state index contributed by atoms with van der Waals surface area (Å²) in [5.74, 6) is -0.209. The number of carbonyl (C=O) groups is 2. The van der Waals surface area contributed by atoms with E-state index in [1.807, 2.05) is 24.3 Å². The van der Waals surface area contributed by atoms with Gasteiger partial charge in [0.05, 0.1) is 6.26 Å². The van der Waals surface area contributed by atoms with Gasteiger partial charge >= 0.3 is 0 Å². The van der Waals surface area contributed by atoms with E-state index in [2.05, 4.69) is 21.2 Å². The summed E-state index contributed by atoms with van der Waals surface area (Å²) in [6.45, 7) is 0. The van der Waals surface area contributed by atoms with Crippen molar-refractivity contribution in [1.29, 1.82) is 0 Å². The Bertz CT molecular complexity index is 912. The molecule has 0 bridgehead atoms. The fourth-order valence-corrected chi connectivity index (χ4v) is 2.61. The zero-order valence-corrected chi connectivity index (χ0v) is 14.7. The van der Waals surface area contributed by atoms with Gasteiger partial charge in [-0.25, -0.2) is 0 Å². The summed E-state index contributed by atoms with van der Waals surface area (Å²) < 4.78 is 5.99. The van der Waals surface area contributed by atoms with Gasteiger partial charge in [-0.3, -0.25) is 9.59 Å². The number of allylic oxidation sites excluding steroid dienone is 1. The van der Waals surface area contributed by atoms with Crippen molar-refractivity contribution in [1.82, 2.24) is 0 Å². The first kappa shape index (κ1) is 16.9. The molecule has 0 unspecified atom stereocenters. The third-order valence-electron chi connectivity index (χ3n) is 3.45. The Morgan fingerprint density at radius 2 is 1.80 bits per heavy atom. The zero-order valence-electron chi connectivity index (χ0n) is 13.1. The van der Waals surface area contributed by atoms with Gasteiger partial charge in [0.25, 0.3) is 5.91 Å². The molecule has 1 aromatic heterocycles. The second-order valence-corrected chi connectivity index (χ2v) is 6.18. The van der Waals surface area contributed by atoms with Gasteiger partial charge < -0.3 is 9.73 Å². The van der Waals surface area contributed by atoms with E-state index in [9.17, 15) is 9.59 Å². The first-order valence-electron chi connectivity index (χ1n) is 7.55. The molecule has 3 aromatic rings. The molecule has 0 aliphatic carbocycles. The second kappa shape index (κ2) is 7.77. The fourth-order valence-electron chi connectivity index (χ4n) is 2.20. The Kier molecular flexibility index (Phi) is 5.26. The highest BCUT2D eigenvalue weighted by atomic mass is 79.9. The topological polar surface area (TPSA) is 59.3 Å². The van der Waals surface area contributed by atoms with E-state index in [0.29, 0.717) is 11.3 Å². The maximum absolute atomic E-state index is 12.2. The number of anilines is 1. The highest BCUT2D eigenvalue weighted by Crippen LogP contribution is 2.15. The molecule has 0 aliphatic rings. The number of rotatable bonds is 5. The number of ketones is 1. The number of benzene rings is 2. The highest BCUT2D eigenvalue weighted by Gasteiger charge is 2.09. The number of carbonyl (C=O) groups excluding carboxylic acids is 2. The van der Waals surface area contributed by atoms with Crippen LogP contribution in [-0.4, -0.2) is 11.7 Å². The predicted molar refractivity (Wildman–Crippen MR) is 101 cm³/mol. The summed E-state index contributed by atoms with van der Waals surface area (Å²) >= 11 is 3.40. The highest BCUT2D eigenvalue weighted by molar-refractivity contribution is 9.10. The van der Waals surface area contributed by atoms with Crippen LogP contribution in [0.2, 0.25) is 0 Å². The molecule has 0 aliphatic heterocycles. The molecule has 0 saturated carbocycles. The molecular formula is C20H14BrNO3. The Morgan fingerprint density at radius 1 is 1.00 bits per heavy atom. The maximum Gasteiger partial charge on any atom is 0.291 e. The van der Waals surface area contributed by atoms with Crippen LogP contribution < -0.4 is 5.32 Å². The van der Waals surface area contributed by atoms with E-state index >= 15 is 0 Å². The largest absolute Gasteiger partial charge is 0.459 e. The Labute approximate surface area is 153 Å². The number of hydrogen-bond acceptors (Lipinski definition) is 3. The summed E-state index contributed by atoms with van der Waals surface area (Å²) in [6.07, 6.45) is 4.73. The zero-order chi connectivity index (χ0) is 17.6. The molecule has 2 aromatic carbocycles. The molecule has 1 N–H and O–H groups in total. The minimum absolute atomic E-state index is 0.108. The van der Waals surface area contributed by atoms with E-state index in [-0.39, 0.29) is 17.5 Å². The fraction of sp³-hybridized carbons (Fsp3) is 0. The van der Waals surface area contributed by atoms with Crippen LogP contribution in [0.4, 0.5) is 5.69 Å². The van der Waals surface area contributed by atoms with E-state index in [1.54, 1.807) is 42.5 Å². The third kappa shape index (κ3) is 4.55. The van der Waals surface area contributed by atoms with Crippen LogP contribution in [0.1, 0.15) is 26.5 Å². The molecular weight excluding hydrogens is 382 g/mol. The lowest BCUT2D eigenvalue weighted by Crippen LogP contribution is -2.10. The Hall–Kier alpha value is -2.92. The SMILES string of the molecule is O=C(C=Cc1cccc(Br)c1)c1ccc(NC(=O)c2ccco2)cc1. The molecule has 124 valence electrons. The van der Waals surface area contributed by atoms with Crippen molar-refractivity contribution in [2.45, 2.75) is 0 Å². The Morgan fingerprint density at radius 3 is 2.48 bits per heavy atom. The van der Waals surface area contributed by atoms with E-state index in [1.165, 1.54) is 12.3 Å². The number of furan rings is 1. The van der Waals surface area contributed by atoms with E-state index in [0.717, 1.165) is 10.0 Å². The molecule has 25 heavy (non-hydrogen) atoms. The molecule has 0 atom stereocenters. The van der Waals surface area contributed by atoms with Gasteiger partial charge in [-0.05, 0) is 60.2 Å². The van der Waals surface area contributed by atoms with Crippen LogP contribution >= 0.6 is 15.9 Å². The number of halogens is 1. The maximum atomic E-state index is 12.2. The van der Waals surface area contributed by atoms with Crippen LogP contribution in [0.5, 0.6) is 0 Å². The normalized spacial score (nSPS) is 10.8. The quantitative estimate of drug-likeness (QED) is 0.477. The smallest absolute Gasteiger partial charge is 0.291 e. The molecule has 5 heteroatoms. The lowest BCUT2D eigenvalue weighted by molar-refractivity contribution is 0.0996. The molecule has 0 radical (unpaired) electrons. The van der Waals surface area contributed by atoms with Crippen molar-refractivity contribution in [2.75, 3.05) is 5.32 Å². The van der Waals surface area contributed by atoms with Crippen molar-refractivity contribution in [3.63, 3.8) is 0 Å². The molecule has 1 heterocycles. The number of amides is 1. The standard InChI is InChI=1S/C20H14BrNO3/c21-16-4-1-3-14(13-16)6-11-18(23)15-7-9-17(10-8-15)22-20(24)19-5-2-12-25-19/h1-13H,(H,22,24). The second-order valence-electron chi connectivity index (χ2n) is 5.26. The van der Waals surface area contributed by atoms with Crippen molar-refractivity contribution >= 4 is 39.4 Å². The average molecular weight is 396 g/mol. The van der Waals surface area contributed by atoms with Crippen LogP contribution in [0.3, 0.4) is 0 Å². The molecule has 0 spiro atoms.